The first-order valence-electron chi connectivity index (χ1n) is 8.39. The molecule has 1 aliphatic rings. The maximum Gasteiger partial charge on any atom is 0.128 e. The molecule has 2 heteroatoms. The molecule has 0 aliphatic carbocycles. The van der Waals surface area contributed by atoms with Crippen molar-refractivity contribution in [2.45, 2.75) is 72.4 Å². The van der Waals surface area contributed by atoms with Crippen molar-refractivity contribution in [2.75, 3.05) is 6.54 Å². The van der Waals surface area contributed by atoms with Crippen LogP contribution in [0, 0.1) is 19.8 Å². The molecule has 1 N–H and O–H groups in total. The van der Waals surface area contributed by atoms with E-state index in [1.807, 2.05) is 0 Å². The van der Waals surface area contributed by atoms with Crippen molar-refractivity contribution in [3.8, 4) is 5.75 Å². The van der Waals surface area contributed by atoms with Gasteiger partial charge < -0.3 is 10.1 Å². The fraction of sp³-hybridized carbons (Fsp3) is 0.684. The zero-order chi connectivity index (χ0) is 15.6. The van der Waals surface area contributed by atoms with Crippen molar-refractivity contribution in [3.05, 3.63) is 28.8 Å². The number of ether oxygens (including phenoxy) is 1. The zero-order valence-electron chi connectivity index (χ0n) is 14.5. The van der Waals surface area contributed by atoms with Crippen LogP contribution in [-0.4, -0.2) is 12.1 Å². The first-order valence-corrected chi connectivity index (χ1v) is 8.39. The quantitative estimate of drug-likeness (QED) is 0.829. The van der Waals surface area contributed by atoms with Gasteiger partial charge in [-0.05, 0) is 57.2 Å². The van der Waals surface area contributed by atoms with Crippen LogP contribution in [0.3, 0.4) is 0 Å². The van der Waals surface area contributed by atoms with Crippen molar-refractivity contribution < 1.29 is 4.74 Å². The Balaban J connectivity index is 2.27. The minimum absolute atomic E-state index is 0.0545. The van der Waals surface area contributed by atoms with Gasteiger partial charge in [-0.3, -0.25) is 0 Å². The highest BCUT2D eigenvalue weighted by Gasteiger charge is 2.36. The van der Waals surface area contributed by atoms with Gasteiger partial charge in [-0.2, -0.15) is 0 Å². The maximum absolute atomic E-state index is 6.40. The molecule has 2 rings (SSSR count). The number of benzene rings is 1. The molecule has 1 heterocycles. The normalized spacial score (nSPS) is 24.8. The lowest BCUT2D eigenvalue weighted by Gasteiger charge is -2.41. The molecular formula is C19H31NO. The predicted octanol–water partition coefficient (Wildman–Crippen LogP) is 4.93. The highest BCUT2D eigenvalue weighted by molar-refractivity contribution is 5.48. The summed E-state index contributed by atoms with van der Waals surface area (Å²) in [6, 6.07) is 4.89. The Labute approximate surface area is 130 Å². The van der Waals surface area contributed by atoms with Crippen LogP contribution in [0.2, 0.25) is 0 Å². The molecule has 0 saturated heterocycles. The van der Waals surface area contributed by atoms with Crippen LogP contribution >= 0.6 is 0 Å². The van der Waals surface area contributed by atoms with Crippen molar-refractivity contribution in [3.63, 3.8) is 0 Å². The lowest BCUT2D eigenvalue weighted by Crippen LogP contribution is -2.42. The van der Waals surface area contributed by atoms with E-state index in [1.54, 1.807) is 0 Å². The smallest absolute Gasteiger partial charge is 0.128 e. The van der Waals surface area contributed by atoms with Gasteiger partial charge in [0, 0.05) is 18.0 Å². The largest absolute Gasteiger partial charge is 0.487 e. The Kier molecular flexibility index (Phi) is 4.98. The number of rotatable bonds is 5. The van der Waals surface area contributed by atoms with Gasteiger partial charge >= 0.3 is 0 Å². The van der Waals surface area contributed by atoms with Gasteiger partial charge in [-0.1, -0.05) is 32.9 Å². The molecule has 2 atom stereocenters. The topological polar surface area (TPSA) is 21.3 Å². The molecule has 1 aromatic carbocycles. The van der Waals surface area contributed by atoms with E-state index in [0.29, 0.717) is 6.04 Å². The summed E-state index contributed by atoms with van der Waals surface area (Å²) in [5.74, 6) is 1.86. The second kappa shape index (κ2) is 6.39. The number of aryl methyl sites for hydroxylation is 1. The Morgan fingerprint density at radius 2 is 2.05 bits per heavy atom. The lowest BCUT2D eigenvalue weighted by molar-refractivity contribution is 0.0432. The minimum atomic E-state index is -0.0545. The van der Waals surface area contributed by atoms with Crippen LogP contribution in [0.4, 0.5) is 0 Å². The van der Waals surface area contributed by atoms with Gasteiger partial charge in [0.05, 0.1) is 0 Å². The first kappa shape index (κ1) is 16.4. The third-order valence-electron chi connectivity index (χ3n) is 4.93. The Morgan fingerprint density at radius 3 is 2.67 bits per heavy atom. The maximum atomic E-state index is 6.40. The Morgan fingerprint density at radius 1 is 1.33 bits per heavy atom. The van der Waals surface area contributed by atoms with E-state index in [1.165, 1.54) is 23.1 Å². The summed E-state index contributed by atoms with van der Waals surface area (Å²) in [6.45, 7) is 14.5. The summed E-state index contributed by atoms with van der Waals surface area (Å²) < 4.78 is 6.40. The van der Waals surface area contributed by atoms with Crippen molar-refractivity contribution >= 4 is 0 Å². The molecule has 118 valence electrons. The highest BCUT2D eigenvalue weighted by atomic mass is 16.5. The molecule has 2 unspecified atom stereocenters. The molecule has 2 nitrogen and oxygen atoms in total. The van der Waals surface area contributed by atoms with Gasteiger partial charge in [0.15, 0.2) is 0 Å². The number of nitrogens with one attached hydrogen (secondary N) is 1. The molecule has 21 heavy (non-hydrogen) atoms. The molecule has 0 radical (unpaired) electrons. The van der Waals surface area contributed by atoms with E-state index in [2.05, 4.69) is 59.0 Å². The van der Waals surface area contributed by atoms with Gasteiger partial charge in [0.1, 0.15) is 11.4 Å². The number of hydrogen-bond donors (Lipinski definition) is 1. The molecule has 0 spiro atoms. The third kappa shape index (κ3) is 3.60. The van der Waals surface area contributed by atoms with Crippen molar-refractivity contribution in [1.82, 2.24) is 5.32 Å². The van der Waals surface area contributed by atoms with E-state index in [9.17, 15) is 0 Å². The van der Waals surface area contributed by atoms with Crippen molar-refractivity contribution in [2.24, 2.45) is 5.92 Å². The second-order valence-corrected chi connectivity index (χ2v) is 7.22. The summed E-state index contributed by atoms with van der Waals surface area (Å²) in [5, 5.41) is 3.77. The monoisotopic (exact) mass is 289 g/mol. The Hall–Kier alpha value is -1.02. The number of hydrogen-bond acceptors (Lipinski definition) is 2. The summed E-state index contributed by atoms with van der Waals surface area (Å²) >= 11 is 0. The summed E-state index contributed by atoms with van der Waals surface area (Å²) in [4.78, 5) is 0. The standard InChI is InChI=1S/C19H31NO/c1-7-19(6)12-17(20-11-10-13(2)3)16-9-8-14(4)15(5)18(16)21-19/h8-9,13,17,20H,7,10-12H2,1-6H3. The van der Waals surface area contributed by atoms with Crippen LogP contribution in [0.25, 0.3) is 0 Å². The van der Waals surface area contributed by atoms with Crippen LogP contribution < -0.4 is 10.1 Å². The molecule has 0 bridgehead atoms. The van der Waals surface area contributed by atoms with Crippen LogP contribution in [0.5, 0.6) is 5.75 Å². The average Bonchev–Trinajstić information content (AvgIpc) is 2.43. The molecule has 0 saturated carbocycles. The van der Waals surface area contributed by atoms with Crippen LogP contribution in [0.1, 0.15) is 69.7 Å². The van der Waals surface area contributed by atoms with E-state index < -0.39 is 0 Å². The summed E-state index contributed by atoms with van der Waals surface area (Å²) in [5.41, 5.74) is 3.89. The molecule has 1 aliphatic heterocycles. The molecular weight excluding hydrogens is 258 g/mol. The second-order valence-electron chi connectivity index (χ2n) is 7.22. The highest BCUT2D eigenvalue weighted by Crippen LogP contribution is 2.43. The SMILES string of the molecule is CCC1(C)CC(NCCC(C)C)c2ccc(C)c(C)c2O1. The zero-order valence-corrected chi connectivity index (χ0v) is 14.5. The van der Waals surface area contributed by atoms with Crippen LogP contribution in [0.15, 0.2) is 12.1 Å². The van der Waals surface area contributed by atoms with Crippen LogP contribution in [-0.2, 0) is 0 Å². The predicted molar refractivity (Wildman–Crippen MR) is 90.1 cm³/mol. The minimum Gasteiger partial charge on any atom is -0.487 e. The van der Waals surface area contributed by atoms with Gasteiger partial charge in [-0.15, -0.1) is 0 Å². The van der Waals surface area contributed by atoms with E-state index in [-0.39, 0.29) is 5.60 Å². The fourth-order valence-electron chi connectivity index (χ4n) is 3.00. The van der Waals surface area contributed by atoms with Gasteiger partial charge in [-0.25, -0.2) is 0 Å². The lowest BCUT2D eigenvalue weighted by atomic mass is 9.85. The van der Waals surface area contributed by atoms with Gasteiger partial charge in [0.2, 0.25) is 0 Å². The van der Waals surface area contributed by atoms with E-state index in [0.717, 1.165) is 31.1 Å². The van der Waals surface area contributed by atoms with E-state index >= 15 is 0 Å². The molecule has 0 fully saturated rings. The summed E-state index contributed by atoms with van der Waals surface area (Å²) in [7, 11) is 0. The molecule has 0 amide bonds. The average molecular weight is 289 g/mol. The van der Waals surface area contributed by atoms with E-state index in [4.69, 9.17) is 4.74 Å². The number of fused-ring (bicyclic) bond motifs is 1. The van der Waals surface area contributed by atoms with Gasteiger partial charge in [0.25, 0.3) is 0 Å². The molecule has 0 aromatic heterocycles. The third-order valence-corrected chi connectivity index (χ3v) is 4.93. The Bertz CT molecular complexity index is 495. The summed E-state index contributed by atoms with van der Waals surface area (Å²) in [6.07, 6.45) is 3.32. The first-order chi connectivity index (χ1) is 9.86. The molecule has 1 aromatic rings. The van der Waals surface area contributed by atoms with Crippen molar-refractivity contribution in [1.29, 1.82) is 0 Å². The fourth-order valence-corrected chi connectivity index (χ4v) is 3.00.